The smallest absolute Gasteiger partial charge is 0.255 e. The third-order valence-electron chi connectivity index (χ3n) is 2.70. The second kappa shape index (κ2) is 5.39. The highest BCUT2D eigenvalue weighted by atomic mass is 16.5. The van der Waals surface area contributed by atoms with E-state index in [4.69, 9.17) is 10.5 Å². The van der Waals surface area contributed by atoms with Crippen molar-refractivity contribution in [3.05, 3.63) is 47.7 Å². The molecule has 0 radical (unpaired) electrons. The van der Waals surface area contributed by atoms with Gasteiger partial charge in [0.1, 0.15) is 11.6 Å². The number of aromatic nitrogens is 1. The molecule has 1 heterocycles. The average molecular weight is 257 g/mol. The molecule has 2 rings (SSSR count). The number of carbonyl (C=O) groups is 1. The number of amides is 1. The van der Waals surface area contributed by atoms with Crippen LogP contribution in [0, 0.1) is 6.92 Å². The number of nitrogens with zero attached hydrogens (tertiary/aromatic N) is 1. The van der Waals surface area contributed by atoms with Crippen LogP contribution >= 0.6 is 0 Å². The van der Waals surface area contributed by atoms with E-state index in [0.717, 1.165) is 11.3 Å². The van der Waals surface area contributed by atoms with Gasteiger partial charge in [-0.15, -0.1) is 0 Å². The summed E-state index contributed by atoms with van der Waals surface area (Å²) in [5, 5.41) is 2.75. The molecular formula is C14H15N3O2. The van der Waals surface area contributed by atoms with Crippen molar-refractivity contribution in [2.45, 2.75) is 6.92 Å². The van der Waals surface area contributed by atoms with Crippen LogP contribution in [0.2, 0.25) is 0 Å². The number of nitrogens with two attached hydrogens (primary N) is 1. The van der Waals surface area contributed by atoms with Crippen LogP contribution in [0.3, 0.4) is 0 Å². The minimum atomic E-state index is -0.197. The Bertz CT molecular complexity index is 594. The summed E-state index contributed by atoms with van der Waals surface area (Å²) in [7, 11) is 1.60. The van der Waals surface area contributed by atoms with Gasteiger partial charge in [-0.25, -0.2) is 4.98 Å². The molecule has 0 fully saturated rings. The summed E-state index contributed by atoms with van der Waals surface area (Å²) in [4.78, 5) is 16.0. The van der Waals surface area contributed by atoms with Crippen molar-refractivity contribution in [3.63, 3.8) is 0 Å². The number of anilines is 2. The van der Waals surface area contributed by atoms with Crippen LogP contribution in [0.15, 0.2) is 36.5 Å². The number of methoxy groups -OCH3 is 1. The SMILES string of the molecule is COc1ccc(C(=O)Nc2ccc(N)nc2)cc1C. The van der Waals surface area contributed by atoms with E-state index in [2.05, 4.69) is 10.3 Å². The van der Waals surface area contributed by atoms with E-state index >= 15 is 0 Å². The molecule has 0 saturated carbocycles. The lowest BCUT2D eigenvalue weighted by Gasteiger charge is -2.08. The number of hydrogen-bond donors (Lipinski definition) is 2. The number of aryl methyl sites for hydroxylation is 1. The van der Waals surface area contributed by atoms with Crippen LogP contribution in [-0.2, 0) is 0 Å². The normalized spacial score (nSPS) is 10.0. The predicted molar refractivity (Wildman–Crippen MR) is 74.3 cm³/mol. The fourth-order valence-corrected chi connectivity index (χ4v) is 1.70. The molecule has 3 N–H and O–H groups in total. The Labute approximate surface area is 111 Å². The molecule has 1 aromatic heterocycles. The summed E-state index contributed by atoms with van der Waals surface area (Å²) in [6.07, 6.45) is 1.52. The van der Waals surface area contributed by atoms with Crippen molar-refractivity contribution < 1.29 is 9.53 Å². The van der Waals surface area contributed by atoms with Crippen LogP contribution in [-0.4, -0.2) is 18.0 Å². The zero-order chi connectivity index (χ0) is 13.8. The molecule has 0 unspecified atom stereocenters. The average Bonchev–Trinajstić information content (AvgIpc) is 2.41. The number of nitrogen functional groups attached to an aromatic ring is 1. The second-order valence-electron chi connectivity index (χ2n) is 4.11. The summed E-state index contributed by atoms with van der Waals surface area (Å²) in [5.74, 6) is 0.973. The fourth-order valence-electron chi connectivity index (χ4n) is 1.70. The molecule has 1 amide bonds. The number of pyridine rings is 1. The largest absolute Gasteiger partial charge is 0.496 e. The van der Waals surface area contributed by atoms with Gasteiger partial charge in [-0.1, -0.05) is 0 Å². The molecule has 0 aliphatic carbocycles. The van der Waals surface area contributed by atoms with Crippen LogP contribution in [0.25, 0.3) is 0 Å². The van der Waals surface area contributed by atoms with Gasteiger partial charge in [-0.05, 0) is 42.8 Å². The summed E-state index contributed by atoms with van der Waals surface area (Å²) in [6, 6.07) is 8.60. The number of ether oxygens (including phenoxy) is 1. The molecule has 0 saturated heterocycles. The Morgan fingerprint density at radius 3 is 2.68 bits per heavy atom. The standard InChI is InChI=1S/C14H15N3O2/c1-9-7-10(3-5-12(9)19-2)14(18)17-11-4-6-13(15)16-8-11/h3-8H,1-2H3,(H2,15,16)(H,17,18). The number of rotatable bonds is 3. The number of carbonyl (C=O) groups excluding carboxylic acids is 1. The van der Waals surface area contributed by atoms with Gasteiger partial charge in [0.2, 0.25) is 0 Å². The van der Waals surface area contributed by atoms with E-state index in [1.54, 1.807) is 37.4 Å². The Balaban J connectivity index is 2.16. The van der Waals surface area contributed by atoms with Gasteiger partial charge in [0, 0.05) is 5.56 Å². The molecule has 0 spiro atoms. The van der Waals surface area contributed by atoms with E-state index in [1.807, 2.05) is 6.92 Å². The number of nitrogens with one attached hydrogen (secondary N) is 1. The first-order valence-electron chi connectivity index (χ1n) is 5.77. The minimum Gasteiger partial charge on any atom is -0.496 e. The molecule has 0 aliphatic rings. The maximum Gasteiger partial charge on any atom is 0.255 e. The van der Waals surface area contributed by atoms with Gasteiger partial charge < -0.3 is 15.8 Å². The molecular weight excluding hydrogens is 242 g/mol. The maximum absolute atomic E-state index is 12.0. The van der Waals surface area contributed by atoms with Crippen molar-refractivity contribution in [1.82, 2.24) is 4.98 Å². The highest BCUT2D eigenvalue weighted by molar-refractivity contribution is 6.04. The van der Waals surface area contributed by atoms with Crippen LogP contribution < -0.4 is 15.8 Å². The summed E-state index contributed by atoms with van der Waals surface area (Å²) in [6.45, 7) is 1.89. The topological polar surface area (TPSA) is 77.2 Å². The van der Waals surface area contributed by atoms with Crippen LogP contribution in [0.1, 0.15) is 15.9 Å². The van der Waals surface area contributed by atoms with Crippen LogP contribution in [0.4, 0.5) is 11.5 Å². The molecule has 98 valence electrons. The highest BCUT2D eigenvalue weighted by Gasteiger charge is 2.08. The van der Waals surface area contributed by atoms with Crippen molar-refractivity contribution in [1.29, 1.82) is 0 Å². The van der Waals surface area contributed by atoms with Gasteiger partial charge in [-0.2, -0.15) is 0 Å². The zero-order valence-corrected chi connectivity index (χ0v) is 10.8. The molecule has 5 heteroatoms. The van der Waals surface area contributed by atoms with Crippen molar-refractivity contribution >= 4 is 17.4 Å². The third kappa shape index (κ3) is 3.01. The Morgan fingerprint density at radius 1 is 1.32 bits per heavy atom. The molecule has 0 bridgehead atoms. The maximum atomic E-state index is 12.0. The predicted octanol–water partition coefficient (Wildman–Crippen LogP) is 2.23. The highest BCUT2D eigenvalue weighted by Crippen LogP contribution is 2.19. The first-order valence-corrected chi connectivity index (χ1v) is 5.77. The fraction of sp³-hybridized carbons (Fsp3) is 0.143. The first kappa shape index (κ1) is 12.9. The number of benzene rings is 1. The Kier molecular flexibility index (Phi) is 3.66. The van der Waals surface area contributed by atoms with E-state index < -0.39 is 0 Å². The summed E-state index contributed by atoms with van der Waals surface area (Å²) >= 11 is 0. The van der Waals surface area contributed by atoms with Crippen molar-refractivity contribution in [2.24, 2.45) is 0 Å². The third-order valence-corrected chi connectivity index (χ3v) is 2.70. The van der Waals surface area contributed by atoms with Crippen molar-refractivity contribution in [2.75, 3.05) is 18.2 Å². The van der Waals surface area contributed by atoms with Crippen LogP contribution in [0.5, 0.6) is 5.75 Å². The lowest BCUT2D eigenvalue weighted by molar-refractivity contribution is 0.102. The van der Waals surface area contributed by atoms with Crippen molar-refractivity contribution in [3.8, 4) is 5.75 Å². The first-order chi connectivity index (χ1) is 9.10. The molecule has 19 heavy (non-hydrogen) atoms. The van der Waals surface area contributed by atoms with E-state index in [9.17, 15) is 4.79 Å². The van der Waals surface area contributed by atoms with Gasteiger partial charge >= 0.3 is 0 Å². The van der Waals surface area contributed by atoms with Gasteiger partial charge in [0.15, 0.2) is 0 Å². The lowest BCUT2D eigenvalue weighted by atomic mass is 10.1. The Morgan fingerprint density at radius 2 is 2.11 bits per heavy atom. The monoisotopic (exact) mass is 257 g/mol. The van der Waals surface area contributed by atoms with E-state index in [-0.39, 0.29) is 5.91 Å². The molecule has 2 aromatic rings. The molecule has 0 aliphatic heterocycles. The Hall–Kier alpha value is -2.56. The molecule has 1 aromatic carbocycles. The van der Waals surface area contributed by atoms with E-state index in [0.29, 0.717) is 17.1 Å². The zero-order valence-electron chi connectivity index (χ0n) is 10.8. The van der Waals surface area contributed by atoms with Gasteiger partial charge in [0.25, 0.3) is 5.91 Å². The second-order valence-corrected chi connectivity index (χ2v) is 4.11. The molecule has 5 nitrogen and oxygen atoms in total. The minimum absolute atomic E-state index is 0.197. The lowest BCUT2D eigenvalue weighted by Crippen LogP contribution is -2.12. The number of hydrogen-bond acceptors (Lipinski definition) is 4. The van der Waals surface area contributed by atoms with Gasteiger partial charge in [-0.3, -0.25) is 4.79 Å². The molecule has 0 atom stereocenters. The van der Waals surface area contributed by atoms with Gasteiger partial charge in [0.05, 0.1) is 19.0 Å². The quantitative estimate of drug-likeness (QED) is 0.884. The summed E-state index contributed by atoms with van der Waals surface area (Å²) < 4.78 is 5.16. The van der Waals surface area contributed by atoms with E-state index in [1.165, 1.54) is 6.20 Å². The summed E-state index contributed by atoms with van der Waals surface area (Å²) in [5.41, 5.74) is 7.56.